The van der Waals surface area contributed by atoms with E-state index in [-0.39, 0.29) is 5.78 Å². The highest BCUT2D eigenvalue weighted by Gasteiger charge is 2.35. The largest absolute Gasteiger partial charge is 0.488 e. The number of methoxy groups -OCH3 is 1. The molecule has 0 saturated carbocycles. The van der Waals surface area contributed by atoms with E-state index >= 15 is 0 Å². The van der Waals surface area contributed by atoms with Crippen molar-refractivity contribution in [2.24, 2.45) is 0 Å². The molecule has 7 heteroatoms. The number of halogens is 1. The fourth-order valence-corrected chi connectivity index (χ4v) is 5.10. The number of carbonyl (C=O) groups excluding carboxylic acids is 1. The quantitative estimate of drug-likeness (QED) is 0.210. The molecule has 38 heavy (non-hydrogen) atoms. The molecule has 0 amide bonds. The number of ketones is 1. The molecule has 0 spiro atoms. The fraction of sp³-hybridized carbons (Fsp3) is 0.161. The minimum atomic E-state index is -0.206. The number of carbonyl (C=O) groups is 1. The Hall–Kier alpha value is -4.13. The summed E-state index contributed by atoms with van der Waals surface area (Å²) in [5.41, 5.74) is 4.94. The molecule has 1 aliphatic carbocycles. The molecular formula is C31H25ClN2O4. The van der Waals surface area contributed by atoms with Crippen LogP contribution >= 0.6 is 11.6 Å². The van der Waals surface area contributed by atoms with Crippen molar-refractivity contribution >= 4 is 28.3 Å². The normalized spacial score (nSPS) is 12.0. The summed E-state index contributed by atoms with van der Waals surface area (Å²) in [5.74, 6) is 0.821. The minimum Gasteiger partial charge on any atom is -0.488 e. The minimum absolute atomic E-state index is 0.206. The molecule has 6 nitrogen and oxygen atoms in total. The first-order valence-electron chi connectivity index (χ1n) is 12.4. The highest BCUT2D eigenvalue weighted by Crippen LogP contribution is 2.48. The van der Waals surface area contributed by atoms with Crippen LogP contribution in [-0.2, 0) is 24.5 Å². The van der Waals surface area contributed by atoms with E-state index in [4.69, 9.17) is 30.9 Å². The molecule has 0 radical (unpaired) electrons. The van der Waals surface area contributed by atoms with Crippen molar-refractivity contribution in [1.82, 2.24) is 9.78 Å². The first-order chi connectivity index (χ1) is 18.7. The molecule has 0 atom stereocenters. The van der Waals surface area contributed by atoms with Gasteiger partial charge in [0.2, 0.25) is 0 Å². The maximum atomic E-state index is 14.1. The van der Waals surface area contributed by atoms with Crippen LogP contribution in [0.4, 0.5) is 0 Å². The maximum Gasteiger partial charge on any atom is 0.199 e. The van der Waals surface area contributed by atoms with E-state index in [1.165, 1.54) is 0 Å². The Kier molecular flexibility index (Phi) is 6.58. The summed E-state index contributed by atoms with van der Waals surface area (Å²) in [6.07, 6.45) is 0. The molecule has 5 aromatic rings. The SMILES string of the molecule is COCCn1nc2c3c(c(Cl)ccc31)C(=O)c1c(OCc3ccccc3)ccc(OCc3ccccc3)c1-2. The van der Waals surface area contributed by atoms with Gasteiger partial charge >= 0.3 is 0 Å². The van der Waals surface area contributed by atoms with Gasteiger partial charge in [-0.05, 0) is 35.4 Å². The smallest absolute Gasteiger partial charge is 0.199 e. The highest BCUT2D eigenvalue weighted by molar-refractivity contribution is 6.39. The van der Waals surface area contributed by atoms with E-state index in [1.807, 2.05) is 77.5 Å². The Labute approximate surface area is 225 Å². The lowest BCUT2D eigenvalue weighted by Gasteiger charge is -2.22. The number of benzene rings is 4. The van der Waals surface area contributed by atoms with E-state index in [1.54, 1.807) is 19.2 Å². The number of hydrogen-bond donors (Lipinski definition) is 0. The third-order valence-electron chi connectivity index (χ3n) is 6.67. The van der Waals surface area contributed by atoms with Crippen LogP contribution in [0.1, 0.15) is 27.0 Å². The molecule has 0 aliphatic heterocycles. The van der Waals surface area contributed by atoms with Gasteiger partial charge in [0, 0.05) is 12.5 Å². The monoisotopic (exact) mass is 524 g/mol. The first kappa shape index (κ1) is 24.2. The van der Waals surface area contributed by atoms with E-state index in [0.717, 1.165) is 22.0 Å². The number of aromatic nitrogens is 2. The van der Waals surface area contributed by atoms with Crippen LogP contribution in [0.25, 0.3) is 22.2 Å². The zero-order chi connectivity index (χ0) is 26.1. The fourth-order valence-electron chi connectivity index (χ4n) is 4.85. The summed E-state index contributed by atoms with van der Waals surface area (Å²) in [5, 5.41) is 6.04. The molecule has 0 N–H and O–H groups in total. The summed E-state index contributed by atoms with van der Waals surface area (Å²) in [7, 11) is 1.65. The van der Waals surface area contributed by atoms with E-state index in [0.29, 0.717) is 65.3 Å². The zero-order valence-electron chi connectivity index (χ0n) is 20.8. The van der Waals surface area contributed by atoms with Gasteiger partial charge in [-0.1, -0.05) is 72.3 Å². The van der Waals surface area contributed by atoms with Gasteiger partial charge in [0.05, 0.1) is 40.4 Å². The Morgan fingerprint density at radius 2 is 1.37 bits per heavy atom. The topological polar surface area (TPSA) is 62.6 Å². The van der Waals surface area contributed by atoms with Crippen LogP contribution in [0.2, 0.25) is 5.02 Å². The molecule has 0 unspecified atom stereocenters. The van der Waals surface area contributed by atoms with Crippen LogP contribution in [0.3, 0.4) is 0 Å². The molecule has 6 rings (SSSR count). The third kappa shape index (κ3) is 4.32. The van der Waals surface area contributed by atoms with Crippen LogP contribution in [0, 0.1) is 0 Å². The summed E-state index contributed by atoms with van der Waals surface area (Å²) >= 11 is 6.64. The van der Waals surface area contributed by atoms with Crippen molar-refractivity contribution < 1.29 is 19.0 Å². The maximum absolute atomic E-state index is 14.1. The second-order valence-electron chi connectivity index (χ2n) is 9.07. The van der Waals surface area contributed by atoms with Gasteiger partial charge in [0.15, 0.2) is 5.78 Å². The summed E-state index contributed by atoms with van der Waals surface area (Å²) in [6.45, 7) is 1.67. The zero-order valence-corrected chi connectivity index (χ0v) is 21.6. The summed E-state index contributed by atoms with van der Waals surface area (Å²) < 4.78 is 19.7. The molecule has 0 saturated heterocycles. The lowest BCUT2D eigenvalue weighted by atomic mass is 9.86. The number of fused-ring (bicyclic) bond motifs is 2. The van der Waals surface area contributed by atoms with Crippen molar-refractivity contribution in [2.45, 2.75) is 19.8 Å². The predicted octanol–water partition coefficient (Wildman–Crippen LogP) is 6.71. The molecule has 1 heterocycles. The lowest BCUT2D eigenvalue weighted by Crippen LogP contribution is -2.14. The lowest BCUT2D eigenvalue weighted by molar-refractivity contribution is 0.103. The van der Waals surface area contributed by atoms with Crippen molar-refractivity contribution in [3.05, 3.63) is 112 Å². The van der Waals surface area contributed by atoms with Gasteiger partial charge < -0.3 is 14.2 Å². The average molecular weight is 525 g/mol. The van der Waals surface area contributed by atoms with Crippen molar-refractivity contribution in [1.29, 1.82) is 0 Å². The summed E-state index contributed by atoms with van der Waals surface area (Å²) in [4.78, 5) is 14.1. The molecule has 1 aromatic heterocycles. The van der Waals surface area contributed by atoms with Crippen molar-refractivity contribution in [3.63, 3.8) is 0 Å². The molecule has 0 bridgehead atoms. The second kappa shape index (κ2) is 10.3. The molecule has 4 aromatic carbocycles. The van der Waals surface area contributed by atoms with Crippen LogP contribution in [0.5, 0.6) is 11.5 Å². The van der Waals surface area contributed by atoms with Gasteiger partial charge in [-0.15, -0.1) is 0 Å². The van der Waals surface area contributed by atoms with Crippen molar-refractivity contribution in [2.75, 3.05) is 13.7 Å². The summed E-state index contributed by atoms with van der Waals surface area (Å²) in [6, 6.07) is 27.0. The third-order valence-corrected chi connectivity index (χ3v) is 6.98. The molecule has 1 aliphatic rings. The number of nitrogens with zero attached hydrogens (tertiary/aromatic N) is 2. The Morgan fingerprint density at radius 3 is 1.97 bits per heavy atom. The predicted molar refractivity (Wildman–Crippen MR) is 147 cm³/mol. The van der Waals surface area contributed by atoms with Crippen LogP contribution in [-0.4, -0.2) is 29.3 Å². The Bertz CT molecular complexity index is 1630. The van der Waals surface area contributed by atoms with Crippen molar-refractivity contribution in [3.8, 4) is 22.8 Å². The Morgan fingerprint density at radius 1 is 0.763 bits per heavy atom. The molecule has 190 valence electrons. The standard InChI is InChI=1S/C31H25ClN2O4/c1-36-17-16-34-23-13-12-22(32)26-27(23)30(33-34)28-24(37-18-20-8-4-2-5-9-20)14-15-25(29(28)31(26)35)38-19-21-10-6-3-7-11-21/h2-15H,16-19H2,1H3. The van der Waals surface area contributed by atoms with E-state index < -0.39 is 0 Å². The van der Waals surface area contributed by atoms with Crippen LogP contribution in [0.15, 0.2) is 84.9 Å². The average Bonchev–Trinajstić information content (AvgIpc) is 3.32. The number of ether oxygens (including phenoxy) is 3. The number of hydrogen-bond acceptors (Lipinski definition) is 5. The van der Waals surface area contributed by atoms with E-state index in [9.17, 15) is 4.79 Å². The van der Waals surface area contributed by atoms with Gasteiger partial charge in [0.1, 0.15) is 30.4 Å². The van der Waals surface area contributed by atoms with Crippen LogP contribution < -0.4 is 9.47 Å². The Balaban J connectivity index is 1.51. The number of rotatable bonds is 9. The van der Waals surface area contributed by atoms with E-state index in [2.05, 4.69) is 0 Å². The molecule has 0 fully saturated rings. The second-order valence-corrected chi connectivity index (χ2v) is 9.48. The van der Waals surface area contributed by atoms with Gasteiger partial charge in [-0.2, -0.15) is 5.10 Å². The highest BCUT2D eigenvalue weighted by atomic mass is 35.5. The first-order valence-corrected chi connectivity index (χ1v) is 12.8. The van der Waals surface area contributed by atoms with Gasteiger partial charge in [0.25, 0.3) is 0 Å². The van der Waals surface area contributed by atoms with Gasteiger partial charge in [-0.25, -0.2) is 0 Å². The molecular weight excluding hydrogens is 500 g/mol. The van der Waals surface area contributed by atoms with Gasteiger partial charge in [-0.3, -0.25) is 9.48 Å².